The first-order valence-electron chi connectivity index (χ1n) is 8.09. The highest BCUT2D eigenvalue weighted by atomic mass is 35.5. The van der Waals surface area contributed by atoms with E-state index in [-0.39, 0.29) is 18.4 Å². The Morgan fingerprint density at radius 1 is 0.963 bits per heavy atom. The molecule has 0 atom stereocenters. The fraction of sp³-hybridized carbons (Fsp3) is 0.263. The summed E-state index contributed by atoms with van der Waals surface area (Å²) in [5.41, 5.74) is 1.30. The van der Waals surface area contributed by atoms with Crippen molar-refractivity contribution in [2.24, 2.45) is 0 Å². The van der Waals surface area contributed by atoms with E-state index in [0.717, 1.165) is 0 Å². The summed E-state index contributed by atoms with van der Waals surface area (Å²) in [4.78, 5) is 28.6. The molecule has 0 fully saturated rings. The van der Waals surface area contributed by atoms with Crippen LogP contribution in [0.2, 0.25) is 5.02 Å². The van der Waals surface area contributed by atoms with Gasteiger partial charge in [-0.3, -0.25) is 14.5 Å². The van der Waals surface area contributed by atoms with Crippen molar-refractivity contribution >= 4 is 34.8 Å². The number of rotatable bonds is 4. The summed E-state index contributed by atoms with van der Waals surface area (Å²) in [6, 6.07) is 8.10. The number of likely N-dealkylation sites (N-methyl/N-ethyl adjacent to an activating group) is 1. The van der Waals surface area contributed by atoms with Crippen LogP contribution in [0, 0.1) is 0 Å². The number of carbonyl (C=O) groups is 2. The molecule has 8 heteroatoms. The van der Waals surface area contributed by atoms with Gasteiger partial charge in [0.2, 0.25) is 11.7 Å². The number of hydrogen-bond donors (Lipinski definition) is 0. The second kappa shape index (κ2) is 7.36. The van der Waals surface area contributed by atoms with Crippen molar-refractivity contribution in [3.63, 3.8) is 0 Å². The quantitative estimate of drug-likeness (QED) is 0.802. The second-order valence-electron chi connectivity index (χ2n) is 5.89. The molecule has 0 aromatic heterocycles. The van der Waals surface area contributed by atoms with Gasteiger partial charge in [-0.15, -0.1) is 0 Å². The lowest BCUT2D eigenvalue weighted by Crippen LogP contribution is -2.37. The van der Waals surface area contributed by atoms with Crippen molar-refractivity contribution in [3.05, 3.63) is 40.9 Å². The number of nitrogens with zero attached hydrogens (tertiary/aromatic N) is 2. The predicted molar refractivity (Wildman–Crippen MR) is 103 cm³/mol. The summed E-state index contributed by atoms with van der Waals surface area (Å²) in [6.07, 6.45) is 0. The van der Waals surface area contributed by atoms with E-state index >= 15 is 0 Å². The van der Waals surface area contributed by atoms with E-state index < -0.39 is 0 Å². The van der Waals surface area contributed by atoms with Crippen LogP contribution in [0.15, 0.2) is 30.3 Å². The van der Waals surface area contributed by atoms with Crippen LogP contribution in [0.5, 0.6) is 17.2 Å². The first-order chi connectivity index (χ1) is 12.9. The number of methoxy groups -OCH3 is 3. The zero-order valence-corrected chi connectivity index (χ0v) is 16.2. The van der Waals surface area contributed by atoms with Gasteiger partial charge in [0.15, 0.2) is 11.5 Å². The first kappa shape index (κ1) is 18.8. The van der Waals surface area contributed by atoms with E-state index in [2.05, 4.69) is 0 Å². The highest BCUT2D eigenvalue weighted by Gasteiger charge is 2.32. The first-order valence-corrected chi connectivity index (χ1v) is 8.47. The molecular weight excluding hydrogens is 372 g/mol. The van der Waals surface area contributed by atoms with Crippen LogP contribution in [0.1, 0.15) is 10.4 Å². The third kappa shape index (κ3) is 3.26. The molecule has 0 N–H and O–H groups in total. The number of halogens is 1. The third-order valence-corrected chi connectivity index (χ3v) is 4.66. The van der Waals surface area contributed by atoms with E-state index in [4.69, 9.17) is 25.8 Å². The highest BCUT2D eigenvalue weighted by Crippen LogP contribution is 2.42. The second-order valence-corrected chi connectivity index (χ2v) is 6.33. The smallest absolute Gasteiger partial charge is 0.260 e. The molecule has 0 unspecified atom stereocenters. The van der Waals surface area contributed by atoms with Gasteiger partial charge in [0, 0.05) is 24.2 Å². The molecule has 3 rings (SSSR count). The number of benzene rings is 2. The van der Waals surface area contributed by atoms with E-state index in [1.54, 1.807) is 37.4 Å². The van der Waals surface area contributed by atoms with Crippen molar-refractivity contribution in [1.82, 2.24) is 0 Å². The van der Waals surface area contributed by atoms with Crippen LogP contribution in [0.3, 0.4) is 0 Å². The monoisotopic (exact) mass is 390 g/mol. The van der Waals surface area contributed by atoms with E-state index in [0.29, 0.717) is 39.2 Å². The molecule has 27 heavy (non-hydrogen) atoms. The van der Waals surface area contributed by atoms with Crippen molar-refractivity contribution in [3.8, 4) is 17.2 Å². The highest BCUT2D eigenvalue weighted by molar-refractivity contribution is 6.31. The zero-order chi connectivity index (χ0) is 19.7. The zero-order valence-electron chi connectivity index (χ0n) is 15.4. The van der Waals surface area contributed by atoms with Gasteiger partial charge in [-0.05, 0) is 18.2 Å². The average molecular weight is 391 g/mol. The van der Waals surface area contributed by atoms with Gasteiger partial charge in [-0.1, -0.05) is 11.6 Å². The van der Waals surface area contributed by atoms with Crippen LogP contribution in [-0.2, 0) is 4.79 Å². The Labute approximate surface area is 162 Å². The molecule has 2 amide bonds. The van der Waals surface area contributed by atoms with E-state index in [1.807, 2.05) is 0 Å². The number of amides is 2. The Morgan fingerprint density at radius 2 is 1.59 bits per heavy atom. The molecule has 0 aliphatic carbocycles. The molecule has 7 nitrogen and oxygen atoms in total. The Balaban J connectivity index is 2.16. The average Bonchev–Trinajstić information content (AvgIpc) is 2.77. The summed E-state index contributed by atoms with van der Waals surface area (Å²) < 4.78 is 16.0. The lowest BCUT2D eigenvalue weighted by atomic mass is 10.1. The van der Waals surface area contributed by atoms with Crippen LogP contribution in [-0.4, -0.2) is 46.7 Å². The number of carbonyl (C=O) groups excluding carboxylic acids is 2. The minimum absolute atomic E-state index is 0.139. The largest absolute Gasteiger partial charge is 0.493 e. The molecule has 142 valence electrons. The molecule has 0 radical (unpaired) electrons. The molecular formula is C19H19ClN2O5. The molecule has 1 aliphatic heterocycles. The number of hydrogen-bond acceptors (Lipinski definition) is 5. The fourth-order valence-corrected chi connectivity index (χ4v) is 3.15. The molecule has 1 aliphatic rings. The molecule has 2 aromatic carbocycles. The van der Waals surface area contributed by atoms with Gasteiger partial charge in [0.05, 0.1) is 38.3 Å². The standard InChI is InChI=1S/C19H19ClN2O5/c1-21-14-7-11(20)5-6-13(14)19(24)22(10-17(21)23)12-8-15(25-2)18(27-4)16(9-12)26-3/h5-9H,10H2,1-4H3. The summed E-state index contributed by atoms with van der Waals surface area (Å²) in [5.74, 6) is 0.607. The van der Waals surface area contributed by atoms with Gasteiger partial charge in [0.1, 0.15) is 6.54 Å². The normalized spacial score (nSPS) is 14.0. The van der Waals surface area contributed by atoms with Crippen LogP contribution in [0.4, 0.5) is 11.4 Å². The molecule has 1 heterocycles. The van der Waals surface area contributed by atoms with Crippen LogP contribution < -0.4 is 24.0 Å². The van der Waals surface area contributed by atoms with Crippen molar-refractivity contribution in [1.29, 1.82) is 0 Å². The van der Waals surface area contributed by atoms with Crippen molar-refractivity contribution in [2.45, 2.75) is 0 Å². The van der Waals surface area contributed by atoms with Crippen LogP contribution >= 0.6 is 11.6 Å². The minimum atomic E-state index is -0.325. The fourth-order valence-electron chi connectivity index (χ4n) is 2.99. The maximum atomic E-state index is 13.2. The maximum absolute atomic E-state index is 13.2. The van der Waals surface area contributed by atoms with Gasteiger partial charge in [-0.2, -0.15) is 0 Å². The van der Waals surface area contributed by atoms with Gasteiger partial charge in [0.25, 0.3) is 5.91 Å². The lowest BCUT2D eigenvalue weighted by molar-refractivity contribution is -0.116. The van der Waals surface area contributed by atoms with Crippen LogP contribution in [0.25, 0.3) is 0 Å². The van der Waals surface area contributed by atoms with Gasteiger partial charge < -0.3 is 19.1 Å². The molecule has 2 aromatic rings. The lowest BCUT2D eigenvalue weighted by Gasteiger charge is -2.22. The van der Waals surface area contributed by atoms with Crippen molar-refractivity contribution < 1.29 is 23.8 Å². The third-order valence-electron chi connectivity index (χ3n) is 4.43. The SMILES string of the molecule is COc1cc(N2CC(=O)N(C)c3cc(Cl)ccc3C2=O)cc(OC)c1OC. The molecule has 0 saturated carbocycles. The topological polar surface area (TPSA) is 68.3 Å². The van der Waals surface area contributed by atoms with Gasteiger partial charge >= 0.3 is 0 Å². The Morgan fingerprint density at radius 3 is 2.15 bits per heavy atom. The summed E-state index contributed by atoms with van der Waals surface area (Å²) in [5, 5.41) is 0.447. The minimum Gasteiger partial charge on any atom is -0.493 e. The molecule has 0 spiro atoms. The Hall–Kier alpha value is -2.93. The Kier molecular flexibility index (Phi) is 5.14. The summed E-state index contributed by atoms with van der Waals surface area (Å²) in [7, 11) is 6.09. The van der Waals surface area contributed by atoms with E-state index in [9.17, 15) is 9.59 Å². The van der Waals surface area contributed by atoms with Gasteiger partial charge in [-0.25, -0.2) is 0 Å². The molecule has 0 bridgehead atoms. The predicted octanol–water partition coefficient (Wildman–Crippen LogP) is 2.99. The summed E-state index contributed by atoms with van der Waals surface area (Å²) in [6.45, 7) is -0.139. The molecule has 0 saturated heterocycles. The number of ether oxygens (including phenoxy) is 3. The Bertz CT molecular complexity index is 890. The maximum Gasteiger partial charge on any atom is 0.260 e. The van der Waals surface area contributed by atoms with Crippen molar-refractivity contribution in [2.75, 3.05) is 44.7 Å². The number of fused-ring (bicyclic) bond motifs is 1. The summed E-state index contributed by atoms with van der Waals surface area (Å²) >= 11 is 6.05. The number of anilines is 2. The van der Waals surface area contributed by atoms with E-state index in [1.165, 1.54) is 31.1 Å².